The molecule has 2 rings (SSSR count). The van der Waals surface area contributed by atoms with E-state index in [4.69, 9.17) is 26.1 Å². The van der Waals surface area contributed by atoms with E-state index in [0.717, 1.165) is 5.56 Å². The maximum absolute atomic E-state index is 11.3. The summed E-state index contributed by atoms with van der Waals surface area (Å²) >= 11 is 5.84. The molecule has 0 aromatic heterocycles. The van der Waals surface area contributed by atoms with Crippen LogP contribution in [-0.4, -0.2) is 131 Å². The van der Waals surface area contributed by atoms with E-state index in [1.54, 1.807) is 24.3 Å². The smallest absolute Gasteiger partial charge is 0.334 e. The zero-order chi connectivity index (χ0) is 18.3. The van der Waals surface area contributed by atoms with Crippen LogP contribution in [0.5, 0.6) is 11.5 Å². The molecule has 0 aliphatic carbocycles. The number of carbonyl (C=O) groups excluding carboxylic acids is 1. The van der Waals surface area contributed by atoms with Crippen LogP contribution in [-0.2, 0) is 15.8 Å². The van der Waals surface area contributed by atoms with Crippen molar-refractivity contribution < 1.29 is 23.9 Å². The molecule has 0 bridgehead atoms. The van der Waals surface area contributed by atoms with Gasteiger partial charge in [0.1, 0.15) is 17.7 Å². The minimum Gasteiger partial charge on any atom is -0.457 e. The van der Waals surface area contributed by atoms with Crippen molar-refractivity contribution in [2.45, 2.75) is 12.8 Å². The number of aryl methyl sites for hydroxylation is 1. The van der Waals surface area contributed by atoms with Gasteiger partial charge in [-0.15, -0.1) is 0 Å². The molecule has 0 atom stereocenters. The maximum Gasteiger partial charge on any atom is 0.334 e. The average Bonchev–Trinajstić information content (AvgIpc) is 2.53. The number of hydrogen-bond acceptors (Lipinski definition) is 3. The molecule has 0 unspecified atom stereocenters. The molecule has 27 heavy (non-hydrogen) atoms. The van der Waals surface area contributed by atoms with Gasteiger partial charge in [0, 0.05) is 114 Å². The Morgan fingerprint density at radius 2 is 1.74 bits per heavy atom. The first-order valence-corrected chi connectivity index (χ1v) is 9.83. The number of hydrogen-bond donors (Lipinski definition) is 3. The largest absolute Gasteiger partial charge is 0.457 e. The van der Waals surface area contributed by atoms with Crippen LogP contribution in [0.25, 0.3) is 0 Å². The van der Waals surface area contributed by atoms with E-state index in [1.165, 1.54) is 0 Å². The molecule has 0 aliphatic heterocycles. The third-order valence-corrected chi connectivity index (χ3v) is 4.21. The van der Waals surface area contributed by atoms with E-state index in [9.17, 15) is 9.36 Å². The molecule has 0 saturated heterocycles. The molecule has 6 nitrogen and oxygen atoms in total. The van der Waals surface area contributed by atoms with Crippen molar-refractivity contribution in [2.24, 2.45) is 0 Å². The number of rotatable bonds is 8. The summed E-state index contributed by atoms with van der Waals surface area (Å²) in [6.45, 7) is 0.348. The molecule has 0 spiro atoms. The van der Waals surface area contributed by atoms with Crippen LogP contribution >= 0.6 is 19.2 Å². The van der Waals surface area contributed by atoms with Gasteiger partial charge in [-0.1, -0.05) is 23.7 Å². The summed E-state index contributed by atoms with van der Waals surface area (Å²) in [4.78, 5) is 28.8. The monoisotopic (exact) mass is 461 g/mol. The van der Waals surface area contributed by atoms with E-state index in [0.29, 0.717) is 35.9 Å². The number of amides is 1. The molecule has 2 aromatic carbocycles. The molecule has 1 amide bonds. The van der Waals surface area contributed by atoms with Gasteiger partial charge in [-0.05, 0) is 54.8 Å². The fourth-order valence-corrected chi connectivity index (χ4v) is 2.78. The van der Waals surface area contributed by atoms with Gasteiger partial charge in [0.2, 0.25) is 5.91 Å². The quantitative estimate of drug-likeness (QED) is 0.319. The summed E-state index contributed by atoms with van der Waals surface area (Å²) in [5.74, 6) is 0.741. The molecule has 0 fully saturated rings. The van der Waals surface area contributed by atoms with Crippen molar-refractivity contribution in [1.82, 2.24) is 5.32 Å². The Bertz CT molecular complexity index is 770. The summed E-state index contributed by atoms with van der Waals surface area (Å²) in [5, 5.41) is 3.13. The van der Waals surface area contributed by atoms with E-state index in [1.807, 2.05) is 24.3 Å². The maximum atomic E-state index is 11.3. The van der Waals surface area contributed by atoms with Gasteiger partial charge >= 0.3 is 7.60 Å². The number of ether oxygens (including phenoxy) is 1. The first kappa shape index (κ1) is 28.4. The Morgan fingerprint density at radius 1 is 1.07 bits per heavy atom. The summed E-state index contributed by atoms with van der Waals surface area (Å²) in [7, 11) is -4.31. The van der Waals surface area contributed by atoms with Crippen LogP contribution in [0.3, 0.4) is 0 Å². The molecule has 2 radical (unpaired) electrons. The normalized spacial score (nSPS) is 10.3. The summed E-state index contributed by atoms with van der Waals surface area (Å²) in [6, 6.07) is 14.7. The summed E-state index contributed by atoms with van der Waals surface area (Å²) < 4.78 is 16.5. The van der Waals surface area contributed by atoms with Crippen molar-refractivity contribution in [1.29, 1.82) is 0 Å². The second-order valence-electron chi connectivity index (χ2n) is 5.48. The number of carbonyl (C=O) groups is 1. The van der Waals surface area contributed by atoms with Crippen molar-refractivity contribution in [3.8, 4) is 11.5 Å². The Hall–Kier alpha value is 1.42. The van der Waals surface area contributed by atoms with Crippen molar-refractivity contribution in [2.75, 3.05) is 12.7 Å². The second kappa shape index (κ2) is 14.4. The van der Waals surface area contributed by atoms with Crippen LogP contribution in [0.4, 0.5) is 0 Å². The number of nitrogens with one attached hydrogen (secondary N) is 1. The third-order valence-electron chi connectivity index (χ3n) is 3.26. The van der Waals surface area contributed by atoms with Crippen molar-refractivity contribution in [3.05, 3.63) is 59.1 Å². The molecule has 3 N–H and O–H groups in total. The van der Waals surface area contributed by atoms with Crippen molar-refractivity contribution in [3.63, 3.8) is 0 Å². The van der Waals surface area contributed by atoms with Crippen LogP contribution in [0.2, 0.25) is 5.02 Å². The van der Waals surface area contributed by atoms with Crippen LogP contribution < -0.4 is 10.1 Å². The number of benzene rings is 2. The Kier molecular flexibility index (Phi) is 15.2. The van der Waals surface area contributed by atoms with Gasteiger partial charge in [-0.3, -0.25) is 9.36 Å². The van der Waals surface area contributed by atoms with Gasteiger partial charge in [-0.2, -0.15) is 0 Å². The molecule has 0 saturated carbocycles. The molecule has 2 aromatic rings. The van der Waals surface area contributed by atoms with E-state index < -0.39 is 19.7 Å². The third kappa shape index (κ3) is 12.7. The van der Waals surface area contributed by atoms with Gasteiger partial charge in [-0.25, -0.2) is 0 Å². The fourth-order valence-electron chi connectivity index (χ4n) is 2.17. The molecule has 10 heteroatoms. The SMILES string of the molecule is O=C(CP(=O)(O)O)NCCCc1cccc(Oc2ccc(Cl)cc2)c1.[K].[K]. The van der Waals surface area contributed by atoms with Crippen LogP contribution in [0, 0.1) is 0 Å². The predicted octanol–water partition coefficient (Wildman–Crippen LogP) is 2.60. The summed E-state index contributed by atoms with van der Waals surface area (Å²) in [5.41, 5.74) is 1.04. The Morgan fingerprint density at radius 3 is 2.37 bits per heavy atom. The molecule has 0 heterocycles. The van der Waals surface area contributed by atoms with Gasteiger partial charge in [0.15, 0.2) is 0 Å². The minimum absolute atomic E-state index is 0. The molecular formula is C17H19ClK2NO5P. The van der Waals surface area contributed by atoms with Crippen LogP contribution in [0.15, 0.2) is 48.5 Å². The average molecular weight is 462 g/mol. The first-order valence-electron chi connectivity index (χ1n) is 7.65. The predicted molar refractivity (Wildman–Crippen MR) is 108 cm³/mol. The molecule has 0 aliphatic rings. The number of halogens is 1. The Balaban J connectivity index is 0.00000338. The van der Waals surface area contributed by atoms with Crippen LogP contribution in [0.1, 0.15) is 12.0 Å². The topological polar surface area (TPSA) is 95.9 Å². The first-order chi connectivity index (χ1) is 11.8. The van der Waals surface area contributed by atoms with Gasteiger partial charge < -0.3 is 19.8 Å². The standard InChI is InChI=1S/C17H19ClNO5P.2K/c18-14-6-8-15(9-7-14)24-16-5-1-3-13(11-16)4-2-10-19-17(20)12-25(21,22)23;;/h1,3,5-9,11H,2,4,10,12H2,(H,19,20)(H2,21,22,23);;. The van der Waals surface area contributed by atoms with Crippen molar-refractivity contribution >= 4 is 128 Å². The van der Waals surface area contributed by atoms with Gasteiger partial charge in [0.25, 0.3) is 0 Å². The zero-order valence-corrected chi connectivity index (χ0v) is 23.3. The fraction of sp³-hybridized carbons (Fsp3) is 0.235. The minimum atomic E-state index is -4.31. The van der Waals surface area contributed by atoms with E-state index in [2.05, 4.69) is 5.32 Å². The molecule has 136 valence electrons. The summed E-state index contributed by atoms with van der Waals surface area (Å²) in [6.07, 6.45) is 0.572. The van der Waals surface area contributed by atoms with E-state index >= 15 is 0 Å². The van der Waals surface area contributed by atoms with Gasteiger partial charge in [0.05, 0.1) is 0 Å². The molecular weight excluding hydrogens is 443 g/mol. The second-order valence-corrected chi connectivity index (χ2v) is 7.56. The van der Waals surface area contributed by atoms with E-state index in [-0.39, 0.29) is 103 Å². The Labute approximate surface area is 248 Å². The zero-order valence-electron chi connectivity index (χ0n) is 15.4.